The Labute approximate surface area is 196 Å². The van der Waals surface area contributed by atoms with Crippen LogP contribution in [-0.4, -0.2) is 45.1 Å². The summed E-state index contributed by atoms with van der Waals surface area (Å²) in [6, 6.07) is 9.84. The molecule has 1 spiro atoms. The number of hydrogen-bond donors (Lipinski definition) is 4. The highest BCUT2D eigenvalue weighted by molar-refractivity contribution is 5.88. The number of allylic oxidation sites excluding steroid dienone is 1. The van der Waals surface area contributed by atoms with Gasteiger partial charge in [-0.25, -0.2) is 0 Å². The molecule has 0 radical (unpaired) electrons. The zero-order valence-corrected chi connectivity index (χ0v) is 19.8. The molecule has 1 heterocycles. The summed E-state index contributed by atoms with van der Waals surface area (Å²) < 4.78 is 0. The van der Waals surface area contributed by atoms with E-state index in [0.29, 0.717) is 24.8 Å². The van der Waals surface area contributed by atoms with Gasteiger partial charge in [0.15, 0.2) is 0 Å². The van der Waals surface area contributed by atoms with Crippen LogP contribution in [0.15, 0.2) is 66.8 Å². The molecule has 1 saturated heterocycles. The van der Waals surface area contributed by atoms with Crippen molar-refractivity contribution >= 4 is 5.91 Å². The molecule has 0 bridgehead atoms. The maximum atomic E-state index is 13.8. The van der Waals surface area contributed by atoms with E-state index in [0.717, 1.165) is 5.56 Å². The minimum Gasteiger partial charge on any atom is -0.390 e. The van der Waals surface area contributed by atoms with Crippen LogP contribution in [0.1, 0.15) is 39.2 Å². The third kappa shape index (κ3) is 4.11. The number of hydrogen-bond acceptors (Lipinski definition) is 4. The molecule has 2 aliphatic carbocycles. The summed E-state index contributed by atoms with van der Waals surface area (Å²) in [7, 11) is 0. The van der Waals surface area contributed by atoms with E-state index in [4.69, 9.17) is 0 Å². The van der Waals surface area contributed by atoms with Gasteiger partial charge in [0.2, 0.25) is 5.91 Å². The normalized spacial score (nSPS) is 43.4. The largest absolute Gasteiger partial charge is 0.390 e. The molecule has 4 N–H and O–H groups in total. The molecule has 0 unspecified atom stereocenters. The molecule has 33 heavy (non-hydrogen) atoms. The summed E-state index contributed by atoms with van der Waals surface area (Å²) in [4.78, 5) is 13.8. The Bertz CT molecular complexity index is 952. The van der Waals surface area contributed by atoms with Crippen molar-refractivity contribution in [3.05, 3.63) is 72.4 Å². The summed E-state index contributed by atoms with van der Waals surface area (Å²) in [6.07, 6.45) is 6.85. The number of aliphatic hydroxyl groups excluding tert-OH is 2. The third-order valence-corrected chi connectivity index (χ3v) is 8.16. The molecule has 4 rings (SSSR count). The lowest BCUT2D eigenvalue weighted by atomic mass is 9.51. The fourth-order valence-electron chi connectivity index (χ4n) is 6.60. The van der Waals surface area contributed by atoms with Crippen molar-refractivity contribution in [1.82, 2.24) is 5.32 Å². The van der Waals surface area contributed by atoms with Gasteiger partial charge in [-0.15, -0.1) is 0 Å². The molecule has 5 nitrogen and oxygen atoms in total. The van der Waals surface area contributed by atoms with E-state index in [1.165, 1.54) is 0 Å². The van der Waals surface area contributed by atoms with Gasteiger partial charge in [0.1, 0.15) is 0 Å². The van der Waals surface area contributed by atoms with E-state index in [1.807, 2.05) is 62.4 Å². The molecule has 1 aromatic carbocycles. The zero-order chi connectivity index (χ0) is 24.0. The first kappa shape index (κ1) is 23.9. The zero-order valence-electron chi connectivity index (χ0n) is 19.8. The van der Waals surface area contributed by atoms with Gasteiger partial charge in [0.25, 0.3) is 0 Å². The minimum atomic E-state index is -1.22. The molecular formula is C28H37NO4. The summed E-state index contributed by atoms with van der Waals surface area (Å²) >= 11 is 0. The number of carbonyl (C=O) groups excluding carboxylic acids is 1. The molecule has 1 saturated carbocycles. The predicted octanol–water partition coefficient (Wildman–Crippen LogP) is 3.17. The Balaban J connectivity index is 1.84. The lowest BCUT2D eigenvalue weighted by Crippen LogP contribution is -2.59. The standard InChI is InChI=1S/C28H37NO4/c1-17-12-13-23(30)28-21(11-8-14-27(4,33)16-17)25(31)19(3)18(2)24(28)22(29-26(28)32)15-20-9-6-5-7-10-20/h5-13,17-18,21-25,30-31,33H,3,14-16H2,1-2,4H3,(H,29,32)/t17-,18-,21+,22+,23-,24+,25-,27-,28-/m1/s1. The Morgan fingerprint density at radius 2 is 1.82 bits per heavy atom. The molecule has 3 aliphatic rings. The van der Waals surface area contributed by atoms with Crippen LogP contribution in [-0.2, 0) is 11.2 Å². The SMILES string of the molecule is C=C1[C@@H](C)[C@H]2[C@H](Cc3ccccc3)NC(=O)[C@]23[C@H](O)C=C[C@@H](C)C[C@](C)(O)CC=C[C@H]3[C@@H]1O. The molecular weight excluding hydrogens is 414 g/mol. The van der Waals surface area contributed by atoms with E-state index in [1.54, 1.807) is 13.0 Å². The van der Waals surface area contributed by atoms with Gasteiger partial charge in [0.05, 0.1) is 23.2 Å². The van der Waals surface area contributed by atoms with E-state index in [9.17, 15) is 20.1 Å². The highest BCUT2D eigenvalue weighted by Gasteiger charge is 2.67. The van der Waals surface area contributed by atoms with Gasteiger partial charge < -0.3 is 20.6 Å². The number of rotatable bonds is 2. The second-order valence-electron chi connectivity index (χ2n) is 10.7. The molecule has 1 amide bonds. The molecule has 0 aromatic heterocycles. The minimum absolute atomic E-state index is 0.0277. The van der Waals surface area contributed by atoms with Gasteiger partial charge in [-0.3, -0.25) is 4.79 Å². The summed E-state index contributed by atoms with van der Waals surface area (Å²) in [5, 5.41) is 36.9. The van der Waals surface area contributed by atoms with E-state index < -0.39 is 29.1 Å². The van der Waals surface area contributed by atoms with Crippen molar-refractivity contribution in [2.24, 2.45) is 29.1 Å². The van der Waals surface area contributed by atoms with Crippen molar-refractivity contribution in [2.75, 3.05) is 0 Å². The first-order valence-electron chi connectivity index (χ1n) is 12.0. The van der Waals surface area contributed by atoms with Crippen LogP contribution < -0.4 is 5.32 Å². The van der Waals surface area contributed by atoms with E-state index >= 15 is 0 Å². The number of amides is 1. The first-order chi connectivity index (χ1) is 15.6. The second-order valence-corrected chi connectivity index (χ2v) is 10.7. The molecule has 9 atom stereocenters. The molecule has 5 heteroatoms. The number of nitrogens with one attached hydrogen (secondary N) is 1. The predicted molar refractivity (Wildman–Crippen MR) is 129 cm³/mol. The summed E-state index contributed by atoms with van der Waals surface area (Å²) in [5.41, 5.74) is -0.337. The van der Waals surface area contributed by atoms with Crippen LogP contribution >= 0.6 is 0 Å². The maximum Gasteiger partial charge on any atom is 0.230 e. The van der Waals surface area contributed by atoms with Gasteiger partial charge in [-0.2, -0.15) is 0 Å². The molecule has 178 valence electrons. The number of carbonyl (C=O) groups is 1. The lowest BCUT2D eigenvalue weighted by molar-refractivity contribution is -0.147. The molecule has 1 aromatic rings. The van der Waals surface area contributed by atoms with Gasteiger partial charge >= 0.3 is 0 Å². The van der Waals surface area contributed by atoms with Crippen LogP contribution in [0.25, 0.3) is 0 Å². The molecule has 2 fully saturated rings. The van der Waals surface area contributed by atoms with Crippen LogP contribution in [0.4, 0.5) is 0 Å². The Hall–Kier alpha value is -2.21. The quantitative estimate of drug-likeness (QED) is 0.520. The fraction of sp³-hybridized carbons (Fsp3) is 0.536. The van der Waals surface area contributed by atoms with Crippen molar-refractivity contribution in [1.29, 1.82) is 0 Å². The van der Waals surface area contributed by atoms with Crippen LogP contribution in [0.5, 0.6) is 0 Å². The highest BCUT2D eigenvalue weighted by atomic mass is 16.3. The maximum absolute atomic E-state index is 13.8. The van der Waals surface area contributed by atoms with Crippen LogP contribution in [0.2, 0.25) is 0 Å². The third-order valence-electron chi connectivity index (χ3n) is 8.16. The second kappa shape index (κ2) is 8.86. The summed E-state index contributed by atoms with van der Waals surface area (Å²) in [5.74, 6) is -1.24. The number of aliphatic hydroxyl groups is 3. The first-order valence-corrected chi connectivity index (χ1v) is 12.0. The van der Waals surface area contributed by atoms with Gasteiger partial charge in [-0.1, -0.05) is 75.1 Å². The Morgan fingerprint density at radius 1 is 1.12 bits per heavy atom. The van der Waals surface area contributed by atoms with Crippen molar-refractivity contribution in [3.63, 3.8) is 0 Å². The van der Waals surface area contributed by atoms with E-state index in [-0.39, 0.29) is 29.7 Å². The topological polar surface area (TPSA) is 89.8 Å². The fourth-order valence-corrected chi connectivity index (χ4v) is 6.60. The Kier molecular flexibility index (Phi) is 6.43. The van der Waals surface area contributed by atoms with E-state index in [2.05, 4.69) is 11.9 Å². The average Bonchev–Trinajstić information content (AvgIpc) is 3.04. The van der Waals surface area contributed by atoms with Gasteiger partial charge in [0, 0.05) is 17.9 Å². The number of benzene rings is 1. The van der Waals surface area contributed by atoms with Crippen molar-refractivity contribution < 1.29 is 20.1 Å². The van der Waals surface area contributed by atoms with Gasteiger partial charge in [-0.05, 0) is 49.2 Å². The Morgan fingerprint density at radius 3 is 2.52 bits per heavy atom. The van der Waals surface area contributed by atoms with Crippen molar-refractivity contribution in [2.45, 2.75) is 63.9 Å². The monoisotopic (exact) mass is 451 g/mol. The highest BCUT2D eigenvalue weighted by Crippen LogP contribution is 2.57. The van der Waals surface area contributed by atoms with Crippen LogP contribution in [0.3, 0.4) is 0 Å². The molecule has 1 aliphatic heterocycles. The van der Waals surface area contributed by atoms with Crippen molar-refractivity contribution in [3.8, 4) is 0 Å². The average molecular weight is 452 g/mol. The smallest absolute Gasteiger partial charge is 0.230 e. The summed E-state index contributed by atoms with van der Waals surface area (Å²) in [6.45, 7) is 10.00. The lowest BCUT2D eigenvalue weighted by Gasteiger charge is -2.51. The van der Waals surface area contributed by atoms with Crippen LogP contribution in [0, 0.1) is 29.1 Å².